The number of hydrogen-bond donors (Lipinski definition) is 1. The molecule has 0 atom stereocenters. The van der Waals surface area contributed by atoms with Crippen LogP contribution in [-0.2, 0) is 26.0 Å². The number of fused-ring (bicyclic) bond motifs is 1. The van der Waals surface area contributed by atoms with E-state index < -0.39 is 10.0 Å². The van der Waals surface area contributed by atoms with Crippen LogP contribution in [0.25, 0.3) is 0 Å². The predicted octanol–water partition coefficient (Wildman–Crippen LogP) is 1.52. The molecule has 1 aromatic carbocycles. The molecule has 1 aliphatic rings. The molecular formula is C18H27N3O4S. The van der Waals surface area contributed by atoms with Crippen molar-refractivity contribution in [3.63, 3.8) is 0 Å². The first kappa shape index (κ1) is 20.4. The second-order valence-electron chi connectivity index (χ2n) is 6.53. The summed E-state index contributed by atoms with van der Waals surface area (Å²) in [6.45, 7) is 4.72. The van der Waals surface area contributed by atoms with Crippen LogP contribution in [0, 0.1) is 0 Å². The Morgan fingerprint density at radius 2 is 2.00 bits per heavy atom. The molecule has 144 valence electrons. The average molecular weight is 381 g/mol. The molecule has 0 aliphatic carbocycles. The minimum atomic E-state index is -3.68. The summed E-state index contributed by atoms with van der Waals surface area (Å²) in [6.07, 6.45) is 3.23. The maximum atomic E-state index is 12.5. The fourth-order valence-corrected chi connectivity index (χ4v) is 4.06. The van der Waals surface area contributed by atoms with Crippen molar-refractivity contribution < 1.29 is 18.0 Å². The maximum Gasteiger partial charge on any atom is 0.240 e. The van der Waals surface area contributed by atoms with Gasteiger partial charge in [-0.05, 0) is 30.2 Å². The van der Waals surface area contributed by atoms with E-state index >= 15 is 0 Å². The van der Waals surface area contributed by atoms with Crippen molar-refractivity contribution in [3.8, 4) is 0 Å². The Balaban J connectivity index is 1.97. The van der Waals surface area contributed by atoms with Crippen LogP contribution in [0.5, 0.6) is 0 Å². The first-order chi connectivity index (χ1) is 12.3. The maximum absolute atomic E-state index is 12.5. The molecule has 26 heavy (non-hydrogen) atoms. The van der Waals surface area contributed by atoms with Gasteiger partial charge in [0.25, 0.3) is 0 Å². The van der Waals surface area contributed by atoms with E-state index in [0.29, 0.717) is 18.7 Å². The fraction of sp³-hybridized carbons (Fsp3) is 0.556. The highest BCUT2D eigenvalue weighted by Gasteiger charge is 2.26. The molecule has 0 bridgehead atoms. The Kier molecular flexibility index (Phi) is 6.77. The zero-order valence-corrected chi connectivity index (χ0v) is 16.4. The molecule has 1 N–H and O–H groups in total. The van der Waals surface area contributed by atoms with E-state index in [1.165, 1.54) is 17.9 Å². The van der Waals surface area contributed by atoms with Gasteiger partial charge < -0.3 is 9.80 Å². The number of anilines is 1. The molecule has 1 aromatic rings. The van der Waals surface area contributed by atoms with Crippen LogP contribution >= 0.6 is 0 Å². The lowest BCUT2D eigenvalue weighted by molar-refractivity contribution is -0.128. The SMILES string of the molecule is CCCCCN(CCNS(=O)(=O)c1ccc2c(c1)CC(=O)N2C)C(C)=O. The summed E-state index contributed by atoms with van der Waals surface area (Å²) in [4.78, 5) is 26.7. The van der Waals surface area contributed by atoms with Crippen molar-refractivity contribution >= 4 is 27.5 Å². The molecule has 0 radical (unpaired) electrons. The van der Waals surface area contributed by atoms with Crippen LogP contribution in [-0.4, -0.2) is 51.8 Å². The lowest BCUT2D eigenvalue weighted by Crippen LogP contribution is -2.38. The van der Waals surface area contributed by atoms with Crippen molar-refractivity contribution in [1.82, 2.24) is 9.62 Å². The summed E-state index contributed by atoms with van der Waals surface area (Å²) in [6, 6.07) is 4.70. The van der Waals surface area contributed by atoms with Gasteiger partial charge in [0.05, 0.1) is 11.3 Å². The van der Waals surface area contributed by atoms with Gasteiger partial charge in [0.2, 0.25) is 21.8 Å². The number of unbranched alkanes of at least 4 members (excludes halogenated alkanes) is 2. The Hall–Kier alpha value is -1.93. The summed E-state index contributed by atoms with van der Waals surface area (Å²) < 4.78 is 27.5. The zero-order chi connectivity index (χ0) is 19.3. The molecule has 0 spiro atoms. The summed E-state index contributed by atoms with van der Waals surface area (Å²) in [5.74, 6) is -0.105. The van der Waals surface area contributed by atoms with Gasteiger partial charge in [-0.25, -0.2) is 13.1 Å². The Morgan fingerprint density at radius 3 is 2.65 bits per heavy atom. The van der Waals surface area contributed by atoms with E-state index in [1.807, 2.05) is 0 Å². The Bertz CT molecular complexity index is 777. The second-order valence-corrected chi connectivity index (χ2v) is 8.30. The summed E-state index contributed by atoms with van der Waals surface area (Å²) in [7, 11) is -2.01. The van der Waals surface area contributed by atoms with Crippen LogP contribution in [0.3, 0.4) is 0 Å². The Morgan fingerprint density at radius 1 is 1.27 bits per heavy atom. The molecule has 0 saturated carbocycles. The van der Waals surface area contributed by atoms with E-state index in [0.717, 1.165) is 24.9 Å². The second kappa shape index (κ2) is 8.64. The molecule has 0 saturated heterocycles. The average Bonchev–Trinajstić information content (AvgIpc) is 2.87. The van der Waals surface area contributed by atoms with Gasteiger partial charge >= 0.3 is 0 Å². The molecule has 0 fully saturated rings. The number of nitrogens with zero attached hydrogens (tertiary/aromatic N) is 2. The van der Waals surface area contributed by atoms with Crippen molar-refractivity contribution in [3.05, 3.63) is 23.8 Å². The van der Waals surface area contributed by atoms with Crippen molar-refractivity contribution in [2.24, 2.45) is 0 Å². The summed E-state index contributed by atoms with van der Waals surface area (Å²) in [5.41, 5.74) is 1.46. The molecule has 0 unspecified atom stereocenters. The van der Waals surface area contributed by atoms with Gasteiger partial charge in [-0.2, -0.15) is 0 Å². The first-order valence-electron chi connectivity index (χ1n) is 8.91. The smallest absolute Gasteiger partial charge is 0.240 e. The number of amides is 2. The summed E-state index contributed by atoms with van der Waals surface area (Å²) >= 11 is 0. The van der Waals surface area contributed by atoms with E-state index in [9.17, 15) is 18.0 Å². The van der Waals surface area contributed by atoms with Gasteiger partial charge in [-0.15, -0.1) is 0 Å². The molecule has 7 nitrogen and oxygen atoms in total. The van der Waals surface area contributed by atoms with E-state index in [2.05, 4.69) is 11.6 Å². The van der Waals surface area contributed by atoms with E-state index in [1.54, 1.807) is 24.1 Å². The topological polar surface area (TPSA) is 86.8 Å². The van der Waals surface area contributed by atoms with Gasteiger partial charge in [-0.3, -0.25) is 9.59 Å². The fourth-order valence-electron chi connectivity index (χ4n) is 2.99. The number of benzene rings is 1. The third-order valence-electron chi connectivity index (χ3n) is 4.59. The van der Waals surface area contributed by atoms with Crippen LogP contribution in [0.1, 0.15) is 38.7 Å². The molecule has 1 heterocycles. The van der Waals surface area contributed by atoms with Crippen molar-refractivity contribution in [2.45, 2.75) is 44.4 Å². The predicted molar refractivity (Wildman–Crippen MR) is 101 cm³/mol. The van der Waals surface area contributed by atoms with Crippen molar-refractivity contribution in [1.29, 1.82) is 0 Å². The molecule has 2 amide bonds. The quantitative estimate of drug-likeness (QED) is 0.657. The molecular weight excluding hydrogens is 354 g/mol. The van der Waals surface area contributed by atoms with Crippen molar-refractivity contribution in [2.75, 3.05) is 31.6 Å². The highest BCUT2D eigenvalue weighted by Crippen LogP contribution is 2.29. The standard InChI is InChI=1S/C18H27N3O4S/c1-4-5-6-10-21(14(2)22)11-9-19-26(24,25)16-7-8-17-15(12-16)13-18(23)20(17)3/h7-8,12,19H,4-6,9-11,13H2,1-3H3. The number of carbonyl (C=O) groups is 2. The van der Waals surface area contributed by atoms with Gasteiger partial charge in [0, 0.05) is 39.3 Å². The largest absolute Gasteiger partial charge is 0.342 e. The van der Waals surface area contributed by atoms with Gasteiger partial charge in [-0.1, -0.05) is 19.8 Å². The van der Waals surface area contributed by atoms with E-state index in [-0.39, 0.29) is 29.7 Å². The number of rotatable bonds is 9. The lowest BCUT2D eigenvalue weighted by Gasteiger charge is -2.21. The lowest BCUT2D eigenvalue weighted by atomic mass is 10.2. The molecule has 0 aromatic heterocycles. The van der Waals surface area contributed by atoms with Crippen LogP contribution in [0.2, 0.25) is 0 Å². The molecule has 2 rings (SSSR count). The highest BCUT2D eigenvalue weighted by atomic mass is 32.2. The first-order valence-corrected chi connectivity index (χ1v) is 10.4. The molecule has 8 heteroatoms. The number of nitrogens with one attached hydrogen (secondary N) is 1. The number of hydrogen-bond acceptors (Lipinski definition) is 4. The van der Waals surface area contributed by atoms with Crippen LogP contribution in [0.15, 0.2) is 23.1 Å². The van der Waals surface area contributed by atoms with Gasteiger partial charge in [0.15, 0.2) is 0 Å². The third-order valence-corrected chi connectivity index (χ3v) is 6.05. The summed E-state index contributed by atoms with van der Waals surface area (Å²) in [5, 5.41) is 0. The minimum absolute atomic E-state index is 0.0494. The highest BCUT2D eigenvalue weighted by molar-refractivity contribution is 7.89. The third kappa shape index (κ3) is 4.82. The normalized spacial score (nSPS) is 13.8. The minimum Gasteiger partial charge on any atom is -0.342 e. The van der Waals surface area contributed by atoms with Crippen LogP contribution in [0.4, 0.5) is 5.69 Å². The van der Waals surface area contributed by atoms with Gasteiger partial charge in [0.1, 0.15) is 0 Å². The monoisotopic (exact) mass is 381 g/mol. The van der Waals surface area contributed by atoms with E-state index in [4.69, 9.17) is 0 Å². The number of likely N-dealkylation sites (N-methyl/N-ethyl adjacent to an activating group) is 1. The zero-order valence-electron chi connectivity index (χ0n) is 15.6. The Labute approximate surface area is 155 Å². The van der Waals surface area contributed by atoms with Crippen LogP contribution < -0.4 is 9.62 Å². The number of sulfonamides is 1. The number of carbonyl (C=O) groups excluding carboxylic acids is 2. The molecule has 1 aliphatic heterocycles.